The van der Waals surface area contributed by atoms with Crippen LogP contribution in [-0.4, -0.2) is 0 Å². The van der Waals surface area contributed by atoms with E-state index < -0.39 is 5.41 Å². The summed E-state index contributed by atoms with van der Waals surface area (Å²) in [5.74, 6) is 0. The Bertz CT molecular complexity index is 3260. The van der Waals surface area contributed by atoms with Crippen molar-refractivity contribution < 1.29 is 0 Å². The summed E-state index contributed by atoms with van der Waals surface area (Å²) in [5.41, 5.74) is 12.5. The van der Waals surface area contributed by atoms with Gasteiger partial charge in [0.2, 0.25) is 0 Å². The first-order valence-corrected chi connectivity index (χ1v) is 19.3. The van der Waals surface area contributed by atoms with Gasteiger partial charge in [-0.25, -0.2) is 0 Å². The summed E-state index contributed by atoms with van der Waals surface area (Å²) in [6, 6.07) is 77.1. The largest absolute Gasteiger partial charge is 0.0713 e. The van der Waals surface area contributed by atoms with E-state index in [1.807, 2.05) is 0 Å². The van der Waals surface area contributed by atoms with Gasteiger partial charge in [-0.3, -0.25) is 0 Å². The van der Waals surface area contributed by atoms with Crippen LogP contribution in [0.2, 0.25) is 0 Å². The minimum atomic E-state index is -0.422. The monoisotopic (exact) mass is 694 g/mol. The second-order valence-electron chi connectivity index (χ2n) is 15.1. The molecule has 0 heteroatoms. The van der Waals surface area contributed by atoms with Crippen LogP contribution in [0.3, 0.4) is 0 Å². The predicted octanol–water partition coefficient (Wildman–Crippen LogP) is 14.6. The first-order chi connectivity index (χ1) is 27.3. The highest BCUT2D eigenvalue weighted by atomic mass is 14.5. The van der Waals surface area contributed by atoms with Gasteiger partial charge in [0.1, 0.15) is 0 Å². The number of benzene rings is 11. The van der Waals surface area contributed by atoms with Gasteiger partial charge in [0.05, 0.1) is 5.41 Å². The highest BCUT2D eigenvalue weighted by Gasteiger charge is 2.46. The molecule has 0 spiro atoms. The Morgan fingerprint density at radius 3 is 1.56 bits per heavy atom. The van der Waals surface area contributed by atoms with E-state index in [9.17, 15) is 0 Å². The zero-order valence-corrected chi connectivity index (χ0v) is 30.1. The Morgan fingerprint density at radius 1 is 0.273 bits per heavy atom. The SMILES string of the molecule is c1ccc(C2(c3ccccc3)c3ccccc3-c3c2ccc2c(-c4ccc5ccc6c(-c7ccc8ccccc8c7)ccc7ccc4c5c76)cccc32)cc1. The summed E-state index contributed by atoms with van der Waals surface area (Å²) in [7, 11) is 0. The summed E-state index contributed by atoms with van der Waals surface area (Å²) >= 11 is 0. The normalized spacial score (nSPS) is 13.2. The van der Waals surface area contributed by atoms with Gasteiger partial charge in [-0.1, -0.05) is 200 Å². The highest BCUT2D eigenvalue weighted by molar-refractivity contribution is 6.28. The highest BCUT2D eigenvalue weighted by Crippen LogP contribution is 2.58. The molecule has 11 aromatic rings. The molecule has 0 radical (unpaired) electrons. The Kier molecular flexibility index (Phi) is 6.36. The lowest BCUT2D eigenvalue weighted by Gasteiger charge is -2.34. The van der Waals surface area contributed by atoms with Gasteiger partial charge < -0.3 is 0 Å². The van der Waals surface area contributed by atoms with E-state index in [1.54, 1.807) is 0 Å². The maximum absolute atomic E-state index is 2.42. The lowest BCUT2D eigenvalue weighted by atomic mass is 9.67. The fraction of sp³-hybridized carbons (Fsp3) is 0.0182. The van der Waals surface area contributed by atoms with Gasteiger partial charge in [-0.2, -0.15) is 0 Å². The van der Waals surface area contributed by atoms with Crippen molar-refractivity contribution in [2.45, 2.75) is 5.41 Å². The van der Waals surface area contributed by atoms with Crippen LogP contribution < -0.4 is 0 Å². The summed E-state index contributed by atoms with van der Waals surface area (Å²) in [5, 5.41) is 12.9. The number of hydrogen-bond donors (Lipinski definition) is 0. The van der Waals surface area contributed by atoms with Crippen LogP contribution >= 0.6 is 0 Å². The summed E-state index contributed by atoms with van der Waals surface area (Å²) in [6.45, 7) is 0. The second kappa shape index (κ2) is 11.5. The van der Waals surface area contributed by atoms with Crippen molar-refractivity contribution in [3.63, 3.8) is 0 Å². The van der Waals surface area contributed by atoms with Crippen molar-refractivity contribution >= 4 is 53.9 Å². The Hall–Kier alpha value is -7.02. The molecule has 1 aliphatic carbocycles. The molecule has 0 amide bonds. The van der Waals surface area contributed by atoms with Crippen molar-refractivity contribution in [1.29, 1.82) is 0 Å². The smallest absolute Gasteiger partial charge is 0.0622 e. The van der Waals surface area contributed by atoms with E-state index in [-0.39, 0.29) is 0 Å². The fourth-order valence-corrected chi connectivity index (χ4v) is 10.2. The Labute approximate surface area is 319 Å². The molecule has 0 aliphatic heterocycles. The molecule has 254 valence electrons. The summed E-state index contributed by atoms with van der Waals surface area (Å²) in [4.78, 5) is 0. The minimum Gasteiger partial charge on any atom is -0.0622 e. The van der Waals surface area contributed by atoms with Gasteiger partial charge in [0.15, 0.2) is 0 Å². The summed E-state index contributed by atoms with van der Waals surface area (Å²) in [6.07, 6.45) is 0. The van der Waals surface area contributed by atoms with Crippen LogP contribution in [0.1, 0.15) is 22.3 Å². The van der Waals surface area contributed by atoms with Crippen LogP contribution in [0.25, 0.3) is 87.2 Å². The van der Waals surface area contributed by atoms with Crippen molar-refractivity contribution in [2.24, 2.45) is 0 Å². The molecule has 0 saturated carbocycles. The van der Waals surface area contributed by atoms with Crippen LogP contribution in [-0.2, 0) is 5.41 Å². The first-order valence-electron chi connectivity index (χ1n) is 19.3. The van der Waals surface area contributed by atoms with Gasteiger partial charge in [0.25, 0.3) is 0 Å². The van der Waals surface area contributed by atoms with Gasteiger partial charge in [-0.05, 0) is 116 Å². The number of rotatable bonds is 4. The van der Waals surface area contributed by atoms with Gasteiger partial charge in [-0.15, -0.1) is 0 Å². The van der Waals surface area contributed by atoms with Crippen LogP contribution in [0.4, 0.5) is 0 Å². The molecule has 0 bridgehead atoms. The number of hydrogen-bond acceptors (Lipinski definition) is 0. The van der Waals surface area contributed by atoms with E-state index in [0.717, 1.165) is 0 Å². The molecular weight excluding hydrogens is 661 g/mol. The lowest BCUT2D eigenvalue weighted by molar-refractivity contribution is 0.769. The van der Waals surface area contributed by atoms with E-state index >= 15 is 0 Å². The van der Waals surface area contributed by atoms with Crippen molar-refractivity contribution in [3.8, 4) is 33.4 Å². The zero-order valence-electron chi connectivity index (χ0n) is 30.1. The maximum Gasteiger partial charge on any atom is 0.0713 e. The van der Waals surface area contributed by atoms with Crippen molar-refractivity contribution in [3.05, 3.63) is 229 Å². The van der Waals surface area contributed by atoms with Gasteiger partial charge >= 0.3 is 0 Å². The third-order valence-corrected chi connectivity index (χ3v) is 12.5. The zero-order chi connectivity index (χ0) is 36.1. The average Bonchev–Trinajstić information content (AvgIpc) is 3.57. The summed E-state index contributed by atoms with van der Waals surface area (Å²) < 4.78 is 0. The maximum atomic E-state index is 2.42. The number of fused-ring (bicyclic) bond motifs is 6. The van der Waals surface area contributed by atoms with E-state index in [1.165, 1.54) is 109 Å². The first kappa shape index (κ1) is 30.4. The molecule has 0 N–H and O–H groups in total. The third kappa shape index (κ3) is 4.17. The predicted molar refractivity (Wildman–Crippen MR) is 233 cm³/mol. The Balaban J connectivity index is 1.11. The molecule has 0 nitrogen and oxygen atoms in total. The molecule has 0 unspecified atom stereocenters. The molecule has 0 heterocycles. The fourth-order valence-electron chi connectivity index (χ4n) is 10.2. The van der Waals surface area contributed by atoms with Crippen LogP contribution in [0, 0.1) is 0 Å². The van der Waals surface area contributed by atoms with Crippen molar-refractivity contribution in [2.75, 3.05) is 0 Å². The van der Waals surface area contributed by atoms with E-state index in [0.29, 0.717) is 0 Å². The molecule has 0 aromatic heterocycles. The average molecular weight is 695 g/mol. The van der Waals surface area contributed by atoms with Crippen LogP contribution in [0.15, 0.2) is 206 Å². The molecule has 55 heavy (non-hydrogen) atoms. The topological polar surface area (TPSA) is 0 Å². The second-order valence-corrected chi connectivity index (χ2v) is 15.1. The molecule has 11 aromatic carbocycles. The molecular formula is C55H34. The molecule has 0 fully saturated rings. The Morgan fingerprint density at radius 2 is 0.818 bits per heavy atom. The van der Waals surface area contributed by atoms with E-state index in [2.05, 4.69) is 206 Å². The standard InChI is InChI=1S/C55H34/c1-3-14-40(15-4-1)55(41-16-5-2-6-17-41)50-21-10-9-18-49(50)54-46-20-11-19-43(45(46)32-33-51(54)55)44-29-25-37-26-30-47-42(28-24-36-27-31-48(44)53(37)52(36)47)39-23-22-35-12-7-8-13-38(35)34-39/h1-34H. The van der Waals surface area contributed by atoms with Crippen LogP contribution in [0.5, 0.6) is 0 Å². The molecule has 0 atom stereocenters. The minimum absolute atomic E-state index is 0.422. The van der Waals surface area contributed by atoms with Crippen molar-refractivity contribution in [1.82, 2.24) is 0 Å². The quantitative estimate of drug-likeness (QED) is 0.161. The molecule has 0 saturated heterocycles. The molecule has 12 rings (SSSR count). The van der Waals surface area contributed by atoms with E-state index in [4.69, 9.17) is 0 Å². The molecule has 1 aliphatic rings. The van der Waals surface area contributed by atoms with Gasteiger partial charge in [0, 0.05) is 0 Å². The third-order valence-electron chi connectivity index (χ3n) is 12.5. The lowest BCUT2D eigenvalue weighted by Crippen LogP contribution is -2.28.